The molecule has 136 valence electrons. The van der Waals surface area contributed by atoms with Crippen molar-refractivity contribution in [3.63, 3.8) is 0 Å². The summed E-state index contributed by atoms with van der Waals surface area (Å²) in [5, 5.41) is 5.96. The molecule has 3 rings (SSSR count). The Morgan fingerprint density at radius 2 is 2.00 bits per heavy atom. The van der Waals surface area contributed by atoms with Gasteiger partial charge >= 0.3 is 0 Å². The van der Waals surface area contributed by atoms with Crippen molar-refractivity contribution in [2.75, 3.05) is 13.2 Å². The van der Waals surface area contributed by atoms with E-state index in [1.807, 2.05) is 30.3 Å². The van der Waals surface area contributed by atoms with Gasteiger partial charge in [-0.3, -0.25) is 9.59 Å². The summed E-state index contributed by atoms with van der Waals surface area (Å²) in [6.07, 6.45) is 2.09. The minimum Gasteiger partial charge on any atom is -0.377 e. The number of hydrogen-bond acceptors (Lipinski definition) is 4. The molecule has 2 N–H and O–H groups in total. The molecule has 1 aromatic rings. The molecule has 1 aliphatic heterocycles. The Hall–Kier alpha value is -1.92. The lowest BCUT2D eigenvalue weighted by Gasteiger charge is -2.47. The van der Waals surface area contributed by atoms with Crippen LogP contribution in [0.5, 0.6) is 0 Å². The number of carbonyl (C=O) groups is 2. The van der Waals surface area contributed by atoms with Gasteiger partial charge in [0.25, 0.3) is 0 Å². The summed E-state index contributed by atoms with van der Waals surface area (Å²) in [4.78, 5) is 23.5. The SMILES string of the molecule is CC(=O)N[C@@H]1[C@@H](NC(=O)CCCOCc2ccccc2)[C@H]2CCO[C@H]21. The van der Waals surface area contributed by atoms with Crippen LogP contribution in [0.25, 0.3) is 0 Å². The number of hydrogen-bond donors (Lipinski definition) is 2. The monoisotopic (exact) mass is 346 g/mol. The van der Waals surface area contributed by atoms with E-state index in [2.05, 4.69) is 10.6 Å². The predicted octanol–water partition coefficient (Wildman–Crippen LogP) is 1.39. The minimum atomic E-state index is -0.108. The fourth-order valence-corrected chi connectivity index (χ4v) is 3.67. The first-order valence-corrected chi connectivity index (χ1v) is 8.95. The highest BCUT2D eigenvalue weighted by Gasteiger charge is 2.54. The van der Waals surface area contributed by atoms with E-state index >= 15 is 0 Å². The van der Waals surface area contributed by atoms with Crippen molar-refractivity contribution in [1.29, 1.82) is 0 Å². The van der Waals surface area contributed by atoms with Crippen molar-refractivity contribution in [1.82, 2.24) is 10.6 Å². The largest absolute Gasteiger partial charge is 0.377 e. The van der Waals surface area contributed by atoms with Gasteiger partial charge in [0.05, 0.1) is 24.8 Å². The van der Waals surface area contributed by atoms with E-state index in [4.69, 9.17) is 9.47 Å². The Bertz CT molecular complexity index is 592. The van der Waals surface area contributed by atoms with Gasteiger partial charge < -0.3 is 20.1 Å². The molecule has 1 saturated heterocycles. The number of rotatable bonds is 8. The third-order valence-electron chi connectivity index (χ3n) is 4.89. The molecule has 2 amide bonds. The van der Waals surface area contributed by atoms with Crippen molar-refractivity contribution in [2.45, 2.75) is 51.0 Å². The molecule has 6 nitrogen and oxygen atoms in total. The number of nitrogens with one attached hydrogen (secondary N) is 2. The van der Waals surface area contributed by atoms with Crippen LogP contribution in [0.4, 0.5) is 0 Å². The third-order valence-corrected chi connectivity index (χ3v) is 4.89. The lowest BCUT2D eigenvalue weighted by atomic mass is 9.71. The van der Waals surface area contributed by atoms with Crippen LogP contribution in [0.1, 0.15) is 31.7 Å². The molecule has 1 aliphatic carbocycles. The summed E-state index contributed by atoms with van der Waals surface area (Å²) in [6.45, 7) is 3.31. The highest BCUT2D eigenvalue weighted by Crippen LogP contribution is 2.39. The molecule has 2 fully saturated rings. The summed E-state index contributed by atoms with van der Waals surface area (Å²) >= 11 is 0. The van der Waals surface area contributed by atoms with Gasteiger partial charge in [0.2, 0.25) is 11.8 Å². The summed E-state index contributed by atoms with van der Waals surface area (Å²) in [5.74, 6) is 0.233. The normalized spacial score (nSPS) is 27.2. The zero-order chi connectivity index (χ0) is 17.6. The topological polar surface area (TPSA) is 76.7 Å². The molecule has 2 aliphatic rings. The van der Waals surface area contributed by atoms with Crippen LogP contribution in [0.15, 0.2) is 30.3 Å². The first kappa shape index (κ1) is 17.9. The molecule has 25 heavy (non-hydrogen) atoms. The first-order valence-electron chi connectivity index (χ1n) is 8.95. The van der Waals surface area contributed by atoms with Gasteiger partial charge in [0, 0.05) is 32.5 Å². The third kappa shape index (κ3) is 4.58. The molecule has 1 aromatic carbocycles. The van der Waals surface area contributed by atoms with Gasteiger partial charge in [-0.2, -0.15) is 0 Å². The molecule has 0 bridgehead atoms. The standard InChI is InChI=1S/C19H26N2O4/c1-13(22)20-18-17(15-9-11-25-19(15)18)21-16(23)8-5-10-24-12-14-6-3-2-4-7-14/h2-4,6-7,15,17-19H,5,8-12H2,1H3,(H,20,22)(H,21,23)/t15-,17+,18-,19-/m1/s1. The smallest absolute Gasteiger partial charge is 0.220 e. The molecule has 0 radical (unpaired) electrons. The van der Waals surface area contributed by atoms with E-state index in [-0.39, 0.29) is 30.0 Å². The molecular formula is C19H26N2O4. The zero-order valence-electron chi connectivity index (χ0n) is 14.6. The number of fused-ring (bicyclic) bond motifs is 1. The zero-order valence-corrected chi connectivity index (χ0v) is 14.6. The van der Waals surface area contributed by atoms with Gasteiger partial charge in [-0.25, -0.2) is 0 Å². The highest BCUT2D eigenvalue weighted by molar-refractivity contribution is 5.77. The van der Waals surface area contributed by atoms with Crippen LogP contribution in [0, 0.1) is 5.92 Å². The summed E-state index contributed by atoms with van der Waals surface area (Å²) in [6, 6.07) is 9.85. The first-order chi connectivity index (χ1) is 12.1. The number of ether oxygens (including phenoxy) is 2. The second-order valence-corrected chi connectivity index (χ2v) is 6.75. The number of carbonyl (C=O) groups excluding carboxylic acids is 2. The fraction of sp³-hybridized carbons (Fsp3) is 0.579. The van der Waals surface area contributed by atoms with Crippen molar-refractivity contribution in [2.24, 2.45) is 5.92 Å². The van der Waals surface area contributed by atoms with Gasteiger partial charge in [0.15, 0.2) is 0 Å². The van der Waals surface area contributed by atoms with Gasteiger partial charge in [0.1, 0.15) is 0 Å². The highest BCUT2D eigenvalue weighted by atomic mass is 16.5. The predicted molar refractivity (Wildman–Crippen MR) is 92.7 cm³/mol. The van der Waals surface area contributed by atoms with Crippen molar-refractivity contribution >= 4 is 11.8 Å². The van der Waals surface area contributed by atoms with Crippen LogP contribution >= 0.6 is 0 Å². The van der Waals surface area contributed by atoms with Gasteiger partial charge in [-0.15, -0.1) is 0 Å². The van der Waals surface area contributed by atoms with E-state index < -0.39 is 0 Å². The maximum atomic E-state index is 12.2. The van der Waals surface area contributed by atoms with E-state index in [1.54, 1.807) is 0 Å². The van der Waals surface area contributed by atoms with Crippen LogP contribution in [0.2, 0.25) is 0 Å². The quantitative estimate of drug-likeness (QED) is 0.698. The maximum absolute atomic E-state index is 12.2. The van der Waals surface area contributed by atoms with Crippen LogP contribution < -0.4 is 10.6 Å². The van der Waals surface area contributed by atoms with E-state index in [1.165, 1.54) is 6.92 Å². The molecule has 0 aromatic heterocycles. The van der Waals surface area contributed by atoms with Crippen LogP contribution in [0.3, 0.4) is 0 Å². The van der Waals surface area contributed by atoms with E-state index in [0.717, 1.165) is 12.0 Å². The van der Waals surface area contributed by atoms with E-state index in [9.17, 15) is 9.59 Å². The maximum Gasteiger partial charge on any atom is 0.220 e. The van der Waals surface area contributed by atoms with Crippen molar-refractivity contribution in [3.05, 3.63) is 35.9 Å². The minimum absolute atomic E-state index is 0.00835. The molecular weight excluding hydrogens is 320 g/mol. The molecule has 6 heteroatoms. The van der Waals surface area contributed by atoms with Crippen molar-refractivity contribution in [3.8, 4) is 0 Å². The lowest BCUT2D eigenvalue weighted by molar-refractivity contribution is -0.130. The van der Waals surface area contributed by atoms with E-state index in [0.29, 0.717) is 38.6 Å². The average molecular weight is 346 g/mol. The lowest BCUT2D eigenvalue weighted by Crippen LogP contribution is -2.70. The molecule has 1 heterocycles. The molecule has 1 saturated carbocycles. The Balaban J connectivity index is 1.35. The van der Waals surface area contributed by atoms with Gasteiger partial charge in [-0.05, 0) is 18.4 Å². The summed E-state index contributed by atoms with van der Waals surface area (Å²) in [5.41, 5.74) is 1.13. The fourth-order valence-electron chi connectivity index (χ4n) is 3.67. The Labute approximate surface area is 148 Å². The number of benzene rings is 1. The molecule has 0 spiro atoms. The Kier molecular flexibility index (Phi) is 6.04. The summed E-state index contributed by atoms with van der Waals surface area (Å²) in [7, 11) is 0. The second kappa shape index (κ2) is 8.45. The Morgan fingerprint density at radius 1 is 1.20 bits per heavy atom. The number of amides is 2. The second-order valence-electron chi connectivity index (χ2n) is 6.75. The Morgan fingerprint density at radius 3 is 2.76 bits per heavy atom. The summed E-state index contributed by atoms with van der Waals surface area (Å²) < 4.78 is 11.2. The molecule has 0 unspecified atom stereocenters. The average Bonchev–Trinajstić information content (AvgIpc) is 3.03. The van der Waals surface area contributed by atoms with Gasteiger partial charge in [-0.1, -0.05) is 30.3 Å². The van der Waals surface area contributed by atoms with Crippen LogP contribution in [-0.2, 0) is 25.7 Å². The van der Waals surface area contributed by atoms with Crippen LogP contribution in [-0.4, -0.2) is 43.2 Å². The molecule has 4 atom stereocenters. The van der Waals surface area contributed by atoms with Crippen molar-refractivity contribution < 1.29 is 19.1 Å².